The zero-order valence-corrected chi connectivity index (χ0v) is 20.2. The zero-order chi connectivity index (χ0) is 24.4. The van der Waals surface area contributed by atoms with Crippen LogP contribution in [0.25, 0.3) is 22.5 Å². The highest BCUT2D eigenvalue weighted by molar-refractivity contribution is 5.91. The van der Waals surface area contributed by atoms with Gasteiger partial charge in [-0.2, -0.15) is 0 Å². The van der Waals surface area contributed by atoms with Crippen LogP contribution in [-0.4, -0.2) is 65.3 Å². The Bertz CT molecular complexity index is 1230. The summed E-state index contributed by atoms with van der Waals surface area (Å²) in [6.07, 6.45) is 2.69. The second-order valence-electron chi connectivity index (χ2n) is 9.30. The highest BCUT2D eigenvalue weighted by Crippen LogP contribution is 2.33. The first-order chi connectivity index (χ1) is 17.0. The van der Waals surface area contributed by atoms with Gasteiger partial charge in [-0.05, 0) is 66.3 Å². The molecule has 0 aliphatic carbocycles. The van der Waals surface area contributed by atoms with Crippen molar-refractivity contribution in [3.05, 3.63) is 48.2 Å². The van der Waals surface area contributed by atoms with Crippen LogP contribution in [0, 0.1) is 12.8 Å². The standard InChI is InChI=1S/C26H31N7O2/c1-17-6-8-33(16-17)26(34)29-20-4-3-18(2)21(15-20)19-13-23(22-5-7-28-25(27)31-22)30-24(14-19)32-9-11-35-12-10-32/h3-5,7,13-15,17H,6,8-12,16H2,1-2H3,(H,29,34)(H2,27,28,31). The summed E-state index contributed by atoms with van der Waals surface area (Å²) in [7, 11) is 0. The van der Waals surface area contributed by atoms with Crippen LogP contribution < -0.4 is 16.0 Å². The number of carbonyl (C=O) groups is 1. The maximum absolute atomic E-state index is 12.8. The van der Waals surface area contributed by atoms with Crippen LogP contribution in [0.2, 0.25) is 0 Å². The van der Waals surface area contributed by atoms with Gasteiger partial charge in [0.1, 0.15) is 5.82 Å². The predicted octanol–water partition coefficient (Wildman–Crippen LogP) is 3.81. The number of hydrogen-bond donors (Lipinski definition) is 2. The monoisotopic (exact) mass is 473 g/mol. The average Bonchev–Trinajstić information content (AvgIpc) is 3.32. The van der Waals surface area contributed by atoms with Crippen molar-refractivity contribution < 1.29 is 9.53 Å². The number of nitrogens with zero attached hydrogens (tertiary/aromatic N) is 5. The SMILES string of the molecule is Cc1ccc(NC(=O)N2CCC(C)C2)cc1-c1cc(-c2ccnc(N)n2)nc(N2CCOCC2)c1. The Morgan fingerprint density at radius 3 is 2.66 bits per heavy atom. The van der Waals surface area contributed by atoms with Gasteiger partial charge in [0.2, 0.25) is 5.95 Å². The van der Waals surface area contributed by atoms with Gasteiger partial charge in [0.15, 0.2) is 0 Å². The molecular formula is C26H31N7O2. The highest BCUT2D eigenvalue weighted by Gasteiger charge is 2.23. The number of hydrogen-bond acceptors (Lipinski definition) is 7. The summed E-state index contributed by atoms with van der Waals surface area (Å²) >= 11 is 0. The van der Waals surface area contributed by atoms with Crippen LogP contribution in [0.5, 0.6) is 0 Å². The summed E-state index contributed by atoms with van der Waals surface area (Å²) in [4.78, 5) is 30.2. The molecule has 1 unspecified atom stereocenters. The molecule has 9 nitrogen and oxygen atoms in total. The van der Waals surface area contributed by atoms with Crippen molar-refractivity contribution in [3.63, 3.8) is 0 Å². The lowest BCUT2D eigenvalue weighted by molar-refractivity contribution is 0.122. The molecule has 2 fully saturated rings. The number of urea groups is 1. The molecule has 9 heteroatoms. The molecule has 1 atom stereocenters. The topological polar surface area (TPSA) is 110 Å². The number of nitrogen functional groups attached to an aromatic ring is 1. The van der Waals surface area contributed by atoms with Gasteiger partial charge in [0, 0.05) is 38.1 Å². The average molecular weight is 474 g/mol. The molecule has 2 aromatic heterocycles. The smallest absolute Gasteiger partial charge is 0.321 e. The largest absolute Gasteiger partial charge is 0.378 e. The van der Waals surface area contributed by atoms with E-state index in [2.05, 4.69) is 40.1 Å². The quantitative estimate of drug-likeness (QED) is 0.593. The zero-order valence-electron chi connectivity index (χ0n) is 20.2. The Morgan fingerprint density at radius 2 is 1.91 bits per heavy atom. The van der Waals surface area contributed by atoms with E-state index < -0.39 is 0 Å². The molecular weight excluding hydrogens is 442 g/mol. The van der Waals surface area contributed by atoms with E-state index in [0.29, 0.717) is 24.8 Å². The molecule has 35 heavy (non-hydrogen) atoms. The number of carbonyl (C=O) groups excluding carboxylic acids is 1. The lowest BCUT2D eigenvalue weighted by Crippen LogP contribution is -2.36. The van der Waals surface area contributed by atoms with Crippen LogP contribution in [-0.2, 0) is 4.74 Å². The summed E-state index contributed by atoms with van der Waals surface area (Å²) in [5, 5.41) is 3.08. The third-order valence-corrected chi connectivity index (χ3v) is 6.59. The van der Waals surface area contributed by atoms with Crippen molar-refractivity contribution in [2.45, 2.75) is 20.3 Å². The molecule has 3 aromatic rings. The molecule has 4 heterocycles. The Kier molecular flexibility index (Phi) is 6.50. The Morgan fingerprint density at radius 1 is 1.09 bits per heavy atom. The molecule has 0 bridgehead atoms. The number of pyridine rings is 1. The van der Waals surface area contributed by atoms with Gasteiger partial charge in [-0.25, -0.2) is 19.7 Å². The molecule has 0 spiro atoms. The van der Waals surface area contributed by atoms with Gasteiger partial charge >= 0.3 is 6.03 Å². The Labute approximate surface area is 205 Å². The number of nitrogens with one attached hydrogen (secondary N) is 1. The van der Waals surface area contributed by atoms with Crippen LogP contribution in [0.3, 0.4) is 0 Å². The molecule has 3 N–H and O–H groups in total. The van der Waals surface area contributed by atoms with E-state index >= 15 is 0 Å². The highest BCUT2D eigenvalue weighted by atomic mass is 16.5. The summed E-state index contributed by atoms with van der Waals surface area (Å²) in [5.74, 6) is 1.61. The predicted molar refractivity (Wildman–Crippen MR) is 137 cm³/mol. The number of aryl methyl sites for hydroxylation is 1. The first-order valence-electron chi connectivity index (χ1n) is 12.1. The van der Waals surface area contributed by atoms with Crippen LogP contribution in [0.15, 0.2) is 42.6 Å². The Hall–Kier alpha value is -3.72. The lowest BCUT2D eigenvalue weighted by atomic mass is 9.99. The minimum absolute atomic E-state index is 0.0509. The van der Waals surface area contributed by atoms with E-state index in [1.807, 2.05) is 35.2 Å². The van der Waals surface area contributed by atoms with Crippen molar-refractivity contribution in [2.24, 2.45) is 5.92 Å². The third kappa shape index (κ3) is 5.19. The van der Waals surface area contributed by atoms with Gasteiger partial charge in [0.05, 0.1) is 24.6 Å². The summed E-state index contributed by atoms with van der Waals surface area (Å²) in [5.41, 5.74) is 11.1. The fraction of sp³-hybridized carbons (Fsp3) is 0.385. The second kappa shape index (κ2) is 9.87. The van der Waals surface area contributed by atoms with Gasteiger partial charge in [-0.1, -0.05) is 13.0 Å². The van der Waals surface area contributed by atoms with Crippen molar-refractivity contribution in [3.8, 4) is 22.5 Å². The van der Waals surface area contributed by atoms with Gasteiger partial charge in [-0.15, -0.1) is 0 Å². The van der Waals surface area contributed by atoms with Crippen molar-refractivity contribution >= 4 is 23.5 Å². The fourth-order valence-electron chi connectivity index (χ4n) is 4.61. The number of aromatic nitrogens is 3. The second-order valence-corrected chi connectivity index (χ2v) is 9.30. The molecule has 2 aliphatic rings. The van der Waals surface area contributed by atoms with E-state index in [1.165, 1.54) is 0 Å². The molecule has 2 aliphatic heterocycles. The van der Waals surface area contributed by atoms with E-state index in [9.17, 15) is 4.79 Å². The fourth-order valence-corrected chi connectivity index (χ4v) is 4.61. The van der Waals surface area contributed by atoms with Crippen LogP contribution >= 0.6 is 0 Å². The Balaban J connectivity index is 1.52. The lowest BCUT2D eigenvalue weighted by Gasteiger charge is -2.28. The number of anilines is 3. The number of likely N-dealkylation sites (tertiary alicyclic amines) is 1. The number of ether oxygens (including phenoxy) is 1. The molecule has 182 valence electrons. The minimum Gasteiger partial charge on any atom is -0.378 e. The molecule has 1 aromatic carbocycles. The van der Waals surface area contributed by atoms with E-state index in [4.69, 9.17) is 15.5 Å². The normalized spacial score (nSPS) is 18.1. The number of nitrogens with two attached hydrogens (primary N) is 1. The third-order valence-electron chi connectivity index (χ3n) is 6.59. The maximum atomic E-state index is 12.8. The maximum Gasteiger partial charge on any atom is 0.321 e. The van der Waals surface area contributed by atoms with Gasteiger partial charge in [0.25, 0.3) is 0 Å². The number of amides is 2. The first kappa shape index (κ1) is 23.0. The number of rotatable bonds is 4. The minimum atomic E-state index is -0.0509. The van der Waals surface area contributed by atoms with Crippen LogP contribution in [0.4, 0.5) is 22.2 Å². The van der Waals surface area contributed by atoms with Crippen molar-refractivity contribution in [2.75, 3.05) is 55.3 Å². The first-order valence-corrected chi connectivity index (χ1v) is 12.1. The van der Waals surface area contributed by atoms with E-state index in [-0.39, 0.29) is 12.0 Å². The van der Waals surface area contributed by atoms with Crippen molar-refractivity contribution in [1.82, 2.24) is 19.9 Å². The van der Waals surface area contributed by atoms with Gasteiger partial charge in [-0.3, -0.25) is 0 Å². The number of morpholine rings is 1. The van der Waals surface area contributed by atoms with Gasteiger partial charge < -0.3 is 25.6 Å². The number of benzene rings is 1. The molecule has 2 saturated heterocycles. The summed E-state index contributed by atoms with van der Waals surface area (Å²) in [6.45, 7) is 8.70. The van der Waals surface area contributed by atoms with Crippen LogP contribution in [0.1, 0.15) is 18.9 Å². The van der Waals surface area contributed by atoms with E-state index in [1.54, 1.807) is 6.20 Å². The van der Waals surface area contributed by atoms with Crippen molar-refractivity contribution in [1.29, 1.82) is 0 Å². The molecule has 2 amide bonds. The molecule has 0 radical (unpaired) electrons. The molecule has 5 rings (SSSR count). The summed E-state index contributed by atoms with van der Waals surface area (Å²) < 4.78 is 5.54. The summed E-state index contributed by atoms with van der Waals surface area (Å²) in [6, 6.07) is 11.9. The van der Waals surface area contributed by atoms with E-state index in [0.717, 1.165) is 66.5 Å². The molecule has 0 saturated carbocycles.